The van der Waals surface area contributed by atoms with Crippen molar-refractivity contribution in [3.05, 3.63) is 54.1 Å². The molecule has 3 heteroatoms. The molecule has 1 aromatic heterocycles. The van der Waals surface area contributed by atoms with Gasteiger partial charge in [0.25, 0.3) is 0 Å². The summed E-state index contributed by atoms with van der Waals surface area (Å²) < 4.78 is 2.22. The molecule has 1 unspecified atom stereocenters. The van der Waals surface area contributed by atoms with Crippen LogP contribution >= 0.6 is 0 Å². The van der Waals surface area contributed by atoms with E-state index in [0.29, 0.717) is 0 Å². The van der Waals surface area contributed by atoms with Crippen LogP contribution in [0, 0.1) is 0 Å². The fourth-order valence-corrected chi connectivity index (χ4v) is 2.32. The van der Waals surface area contributed by atoms with E-state index in [1.165, 1.54) is 5.56 Å². The molecule has 0 amide bonds. The van der Waals surface area contributed by atoms with E-state index in [-0.39, 0.29) is 6.04 Å². The maximum absolute atomic E-state index is 4.54. The summed E-state index contributed by atoms with van der Waals surface area (Å²) in [5.74, 6) is 1.14. The third-order valence-electron chi connectivity index (χ3n) is 3.32. The molecule has 2 aromatic rings. The van der Waals surface area contributed by atoms with Crippen LogP contribution in [0.2, 0.25) is 0 Å². The van der Waals surface area contributed by atoms with Gasteiger partial charge in [-0.25, -0.2) is 4.98 Å². The molecule has 0 radical (unpaired) electrons. The predicted molar refractivity (Wildman–Crippen MR) is 79.1 cm³/mol. The summed E-state index contributed by atoms with van der Waals surface area (Å²) >= 11 is 0. The van der Waals surface area contributed by atoms with Crippen molar-refractivity contribution < 1.29 is 0 Å². The maximum Gasteiger partial charge on any atom is 0.126 e. The third-order valence-corrected chi connectivity index (χ3v) is 3.32. The number of rotatable bonds is 7. The third kappa shape index (κ3) is 3.67. The first-order valence-electron chi connectivity index (χ1n) is 7.13. The van der Waals surface area contributed by atoms with Crippen LogP contribution < -0.4 is 5.32 Å². The highest BCUT2D eigenvalue weighted by Crippen LogP contribution is 2.17. The van der Waals surface area contributed by atoms with Crippen LogP contribution in [-0.2, 0) is 13.0 Å². The highest BCUT2D eigenvalue weighted by molar-refractivity contribution is 5.17. The van der Waals surface area contributed by atoms with Gasteiger partial charge in [-0.3, -0.25) is 0 Å². The van der Waals surface area contributed by atoms with Gasteiger partial charge in [0.05, 0.1) is 6.04 Å². The molecule has 2 rings (SSSR count). The molecule has 1 aromatic carbocycles. The molecule has 1 atom stereocenters. The molecular weight excluding hydrogens is 234 g/mol. The zero-order chi connectivity index (χ0) is 13.5. The predicted octanol–water partition coefficient (Wildman–Crippen LogP) is 3.19. The van der Waals surface area contributed by atoms with Gasteiger partial charge in [-0.05, 0) is 31.9 Å². The Morgan fingerprint density at radius 3 is 2.68 bits per heavy atom. The second kappa shape index (κ2) is 7.10. The molecule has 0 spiro atoms. The molecule has 1 heterocycles. The summed E-state index contributed by atoms with van der Waals surface area (Å²) in [4.78, 5) is 4.54. The molecule has 0 saturated heterocycles. The van der Waals surface area contributed by atoms with Crippen LogP contribution in [0.5, 0.6) is 0 Å². The van der Waals surface area contributed by atoms with E-state index in [1.807, 2.05) is 6.20 Å². The summed E-state index contributed by atoms with van der Waals surface area (Å²) in [5.41, 5.74) is 1.35. The number of benzene rings is 1. The van der Waals surface area contributed by atoms with E-state index in [4.69, 9.17) is 0 Å². The second-order valence-electron chi connectivity index (χ2n) is 4.77. The molecule has 102 valence electrons. The first-order valence-corrected chi connectivity index (χ1v) is 7.13. The van der Waals surface area contributed by atoms with Gasteiger partial charge in [-0.1, -0.05) is 37.3 Å². The van der Waals surface area contributed by atoms with Gasteiger partial charge in [-0.15, -0.1) is 0 Å². The zero-order valence-electron chi connectivity index (χ0n) is 11.8. The molecule has 0 saturated carbocycles. The Morgan fingerprint density at radius 2 is 2.00 bits per heavy atom. The second-order valence-corrected chi connectivity index (χ2v) is 4.77. The minimum absolute atomic E-state index is 0.289. The fraction of sp³-hybridized carbons (Fsp3) is 0.438. The molecule has 0 fully saturated rings. The molecule has 0 aliphatic rings. The zero-order valence-corrected chi connectivity index (χ0v) is 11.8. The average molecular weight is 257 g/mol. The highest BCUT2D eigenvalue weighted by atomic mass is 15.1. The monoisotopic (exact) mass is 257 g/mol. The van der Waals surface area contributed by atoms with Crippen molar-refractivity contribution in [2.45, 2.75) is 39.3 Å². The number of hydrogen-bond donors (Lipinski definition) is 1. The lowest BCUT2D eigenvalue weighted by molar-refractivity contribution is 0.482. The fourth-order valence-electron chi connectivity index (χ4n) is 2.32. The van der Waals surface area contributed by atoms with E-state index in [9.17, 15) is 0 Å². The van der Waals surface area contributed by atoms with Gasteiger partial charge < -0.3 is 9.88 Å². The summed E-state index contributed by atoms with van der Waals surface area (Å²) in [6.07, 6.45) is 6.07. The van der Waals surface area contributed by atoms with Crippen LogP contribution in [0.15, 0.2) is 42.7 Å². The topological polar surface area (TPSA) is 29.9 Å². The number of nitrogens with zero attached hydrogens (tertiary/aromatic N) is 2. The van der Waals surface area contributed by atoms with Crippen molar-refractivity contribution in [1.82, 2.24) is 14.9 Å². The maximum atomic E-state index is 4.54. The van der Waals surface area contributed by atoms with Gasteiger partial charge in [0.15, 0.2) is 0 Å². The molecule has 1 N–H and O–H groups in total. The Morgan fingerprint density at radius 1 is 1.21 bits per heavy atom. The number of imidazole rings is 1. The van der Waals surface area contributed by atoms with Crippen LogP contribution in [-0.4, -0.2) is 16.1 Å². The standard InChI is InChI=1S/C16H23N3/c1-3-10-17-15(13-14-8-6-5-7-9-14)16-18-11-12-19(16)4-2/h5-9,11-12,15,17H,3-4,10,13H2,1-2H3. The Bertz CT molecular complexity index is 476. The first kappa shape index (κ1) is 13.8. The lowest BCUT2D eigenvalue weighted by Gasteiger charge is -2.19. The lowest BCUT2D eigenvalue weighted by Crippen LogP contribution is -2.27. The van der Waals surface area contributed by atoms with E-state index >= 15 is 0 Å². The van der Waals surface area contributed by atoms with Crippen LogP contribution in [0.4, 0.5) is 0 Å². The van der Waals surface area contributed by atoms with Crippen LogP contribution in [0.3, 0.4) is 0 Å². The van der Waals surface area contributed by atoms with Crippen LogP contribution in [0.25, 0.3) is 0 Å². The van der Waals surface area contributed by atoms with Crippen molar-refractivity contribution in [2.24, 2.45) is 0 Å². The molecule has 0 aliphatic heterocycles. The van der Waals surface area contributed by atoms with E-state index in [0.717, 1.165) is 31.8 Å². The number of nitrogens with one attached hydrogen (secondary N) is 1. The minimum atomic E-state index is 0.289. The van der Waals surface area contributed by atoms with Crippen molar-refractivity contribution in [3.63, 3.8) is 0 Å². The van der Waals surface area contributed by atoms with Gasteiger partial charge in [-0.2, -0.15) is 0 Å². The summed E-state index contributed by atoms with van der Waals surface area (Å²) in [5, 5.41) is 3.61. The normalized spacial score (nSPS) is 12.5. The molecule has 19 heavy (non-hydrogen) atoms. The molecular formula is C16H23N3. The van der Waals surface area contributed by atoms with Gasteiger partial charge >= 0.3 is 0 Å². The van der Waals surface area contributed by atoms with E-state index in [2.05, 4.69) is 65.2 Å². The Balaban J connectivity index is 2.16. The van der Waals surface area contributed by atoms with E-state index < -0.39 is 0 Å². The van der Waals surface area contributed by atoms with Crippen molar-refractivity contribution in [1.29, 1.82) is 0 Å². The smallest absolute Gasteiger partial charge is 0.126 e. The Kier molecular flexibility index (Phi) is 5.16. The SMILES string of the molecule is CCCNC(Cc1ccccc1)c1nccn1CC. The molecule has 3 nitrogen and oxygen atoms in total. The Labute approximate surface area is 115 Å². The summed E-state index contributed by atoms with van der Waals surface area (Å²) in [7, 11) is 0. The highest BCUT2D eigenvalue weighted by Gasteiger charge is 2.16. The van der Waals surface area contributed by atoms with Crippen LogP contribution in [0.1, 0.15) is 37.7 Å². The number of hydrogen-bond acceptors (Lipinski definition) is 2. The molecule has 0 bridgehead atoms. The number of aryl methyl sites for hydroxylation is 1. The minimum Gasteiger partial charge on any atom is -0.334 e. The van der Waals surface area contributed by atoms with Gasteiger partial charge in [0.1, 0.15) is 5.82 Å². The quantitative estimate of drug-likeness (QED) is 0.825. The lowest BCUT2D eigenvalue weighted by atomic mass is 10.1. The van der Waals surface area contributed by atoms with Gasteiger partial charge in [0, 0.05) is 18.9 Å². The Hall–Kier alpha value is -1.61. The summed E-state index contributed by atoms with van der Waals surface area (Å²) in [6, 6.07) is 10.9. The first-order chi connectivity index (χ1) is 9.35. The van der Waals surface area contributed by atoms with Gasteiger partial charge in [0.2, 0.25) is 0 Å². The van der Waals surface area contributed by atoms with Crippen molar-refractivity contribution in [2.75, 3.05) is 6.54 Å². The summed E-state index contributed by atoms with van der Waals surface area (Å²) in [6.45, 7) is 6.34. The average Bonchev–Trinajstić information content (AvgIpc) is 2.93. The van der Waals surface area contributed by atoms with Crippen molar-refractivity contribution >= 4 is 0 Å². The van der Waals surface area contributed by atoms with E-state index in [1.54, 1.807) is 0 Å². The molecule has 0 aliphatic carbocycles. The largest absolute Gasteiger partial charge is 0.334 e. The number of aromatic nitrogens is 2. The van der Waals surface area contributed by atoms with Crippen molar-refractivity contribution in [3.8, 4) is 0 Å².